The maximum atomic E-state index is 12.9. The number of hydrogen-bond acceptors (Lipinski definition) is 4. The molecule has 0 unspecified atom stereocenters. The first-order valence-electron chi connectivity index (χ1n) is 7.01. The van der Waals surface area contributed by atoms with Crippen LogP contribution in [0.2, 0.25) is 0 Å². The van der Waals surface area contributed by atoms with Gasteiger partial charge in [0.1, 0.15) is 4.90 Å². The predicted octanol–water partition coefficient (Wildman–Crippen LogP) is 1.93. The highest BCUT2D eigenvalue weighted by atomic mass is 32.2. The molecule has 0 aromatic carbocycles. The van der Waals surface area contributed by atoms with Crippen LogP contribution in [-0.4, -0.2) is 39.3 Å². The van der Waals surface area contributed by atoms with Gasteiger partial charge in [-0.25, -0.2) is 13.1 Å². The molecule has 0 amide bonds. The Morgan fingerprint density at radius 3 is 2.52 bits per heavy atom. The predicted molar refractivity (Wildman–Crippen MR) is 79.5 cm³/mol. The van der Waals surface area contributed by atoms with Crippen LogP contribution in [0.3, 0.4) is 0 Å². The Morgan fingerprint density at radius 1 is 1.35 bits per heavy atom. The van der Waals surface area contributed by atoms with Crippen LogP contribution in [0.5, 0.6) is 0 Å². The van der Waals surface area contributed by atoms with Crippen molar-refractivity contribution in [2.75, 3.05) is 7.05 Å². The summed E-state index contributed by atoms with van der Waals surface area (Å²) in [5.41, 5.74) is 0.696. The Labute approximate surface area is 133 Å². The lowest BCUT2D eigenvalue weighted by molar-refractivity contribution is 0.0538. The highest BCUT2D eigenvalue weighted by Gasteiger charge is 2.30. The third-order valence-corrected chi connectivity index (χ3v) is 5.66. The van der Waals surface area contributed by atoms with Gasteiger partial charge in [-0.05, 0) is 26.8 Å². The summed E-state index contributed by atoms with van der Waals surface area (Å²) in [6.45, 7) is 2.44. The van der Waals surface area contributed by atoms with Crippen LogP contribution in [0, 0.1) is 13.8 Å². The molecule has 0 aliphatic carbocycles. The van der Waals surface area contributed by atoms with Crippen molar-refractivity contribution in [2.24, 2.45) is 0 Å². The quantitative estimate of drug-likeness (QED) is 0.800. The van der Waals surface area contributed by atoms with Gasteiger partial charge in [0.15, 0.2) is 0 Å². The summed E-state index contributed by atoms with van der Waals surface area (Å²) in [7, 11) is -2.53. The van der Waals surface area contributed by atoms with Crippen LogP contribution in [0.15, 0.2) is 17.2 Å². The molecule has 2 rings (SSSR count). The van der Waals surface area contributed by atoms with E-state index >= 15 is 0 Å². The summed E-state index contributed by atoms with van der Waals surface area (Å²) in [4.78, 5) is -0.178. The topological polar surface area (TPSA) is 73.0 Å². The minimum absolute atomic E-state index is 0.0543. The second-order valence-corrected chi connectivity index (χ2v) is 7.10. The Bertz CT molecular complexity index is 797. The summed E-state index contributed by atoms with van der Waals surface area (Å²) >= 11 is 0. The van der Waals surface area contributed by atoms with Gasteiger partial charge in [-0.1, -0.05) is 0 Å². The molecule has 10 heteroatoms. The molecule has 0 bridgehead atoms. The van der Waals surface area contributed by atoms with Gasteiger partial charge in [-0.2, -0.15) is 23.3 Å². The first kappa shape index (κ1) is 17.5. The van der Waals surface area contributed by atoms with Gasteiger partial charge in [-0.3, -0.25) is 4.68 Å². The minimum Gasteiger partial charge on any atom is -0.269 e. The van der Waals surface area contributed by atoms with E-state index in [9.17, 15) is 17.2 Å². The molecule has 23 heavy (non-hydrogen) atoms. The fraction of sp³-hybridized carbons (Fsp3) is 0.538. The molecule has 0 saturated carbocycles. The van der Waals surface area contributed by atoms with Crippen LogP contribution in [0.4, 0.5) is 8.78 Å². The Balaban J connectivity index is 2.38. The number of hydrogen-bond donors (Lipinski definition) is 0. The van der Waals surface area contributed by atoms with E-state index in [1.54, 1.807) is 16.9 Å². The van der Waals surface area contributed by atoms with E-state index in [-0.39, 0.29) is 22.8 Å². The molecule has 2 heterocycles. The summed E-state index contributed by atoms with van der Waals surface area (Å²) < 4.78 is 54.5. The van der Waals surface area contributed by atoms with Crippen LogP contribution < -0.4 is 0 Å². The molecule has 0 spiro atoms. The molecule has 0 fully saturated rings. The average molecular weight is 347 g/mol. The largest absolute Gasteiger partial charge is 0.333 e. The lowest BCUT2D eigenvalue weighted by Gasteiger charge is -2.18. The van der Waals surface area contributed by atoms with Crippen LogP contribution in [0.25, 0.3) is 0 Å². The van der Waals surface area contributed by atoms with E-state index in [2.05, 4.69) is 10.2 Å². The zero-order chi connectivity index (χ0) is 17.4. The maximum absolute atomic E-state index is 12.9. The number of aromatic nitrogens is 4. The van der Waals surface area contributed by atoms with Crippen LogP contribution >= 0.6 is 0 Å². The van der Waals surface area contributed by atoms with Gasteiger partial charge in [0.2, 0.25) is 10.0 Å². The number of nitrogens with zero attached hydrogens (tertiary/aromatic N) is 5. The summed E-state index contributed by atoms with van der Waals surface area (Å²) in [6, 6.07) is 1.72. The number of rotatable bonds is 6. The van der Waals surface area contributed by atoms with Gasteiger partial charge in [0.25, 0.3) is 0 Å². The highest BCUT2D eigenvalue weighted by Crippen LogP contribution is 2.26. The molecule has 0 aliphatic heterocycles. The van der Waals surface area contributed by atoms with Crippen molar-refractivity contribution in [3.05, 3.63) is 29.3 Å². The molecule has 0 N–H and O–H groups in total. The van der Waals surface area contributed by atoms with Gasteiger partial charge in [0, 0.05) is 19.8 Å². The van der Waals surface area contributed by atoms with Crippen molar-refractivity contribution in [3.8, 4) is 0 Å². The fourth-order valence-electron chi connectivity index (χ4n) is 2.46. The number of sulfonamides is 1. The lowest BCUT2D eigenvalue weighted by atomic mass is 10.4. The summed E-state index contributed by atoms with van der Waals surface area (Å²) in [6.07, 6.45) is 1.59. The Morgan fingerprint density at radius 2 is 2.00 bits per heavy atom. The molecule has 2 aromatic heterocycles. The second-order valence-electron chi connectivity index (χ2n) is 5.12. The Kier molecular flexibility index (Phi) is 4.85. The third kappa shape index (κ3) is 3.13. The molecular weight excluding hydrogens is 328 g/mol. The fourth-order valence-corrected chi connectivity index (χ4v) is 3.95. The molecule has 0 radical (unpaired) electrons. The zero-order valence-corrected chi connectivity index (χ0v) is 14.2. The number of aryl methyl sites for hydroxylation is 2. The van der Waals surface area contributed by atoms with E-state index in [1.165, 1.54) is 20.9 Å². The van der Waals surface area contributed by atoms with Crippen LogP contribution in [0.1, 0.15) is 30.6 Å². The summed E-state index contributed by atoms with van der Waals surface area (Å²) in [5, 5.41) is 7.72. The molecule has 7 nitrogen and oxygen atoms in total. The van der Waals surface area contributed by atoms with E-state index in [1.807, 2.05) is 6.92 Å². The smallest absolute Gasteiger partial charge is 0.269 e. The molecule has 2 aromatic rings. The van der Waals surface area contributed by atoms with E-state index in [0.29, 0.717) is 11.2 Å². The number of halogens is 2. The maximum Gasteiger partial charge on any atom is 0.333 e. The first-order valence-corrected chi connectivity index (χ1v) is 8.45. The normalized spacial score (nSPS) is 12.5. The SMILES string of the molecule is CCn1nccc1CN(C)S(=O)(=O)c1c(C)nn(C(F)F)c1C. The molecule has 0 aliphatic rings. The number of alkyl halides is 2. The van der Waals surface area contributed by atoms with E-state index in [4.69, 9.17) is 0 Å². The lowest BCUT2D eigenvalue weighted by Crippen LogP contribution is -2.28. The van der Waals surface area contributed by atoms with Crippen LogP contribution in [-0.2, 0) is 23.1 Å². The van der Waals surface area contributed by atoms with Gasteiger partial charge >= 0.3 is 6.55 Å². The van der Waals surface area contributed by atoms with Crippen molar-refractivity contribution >= 4 is 10.0 Å². The molecular formula is C13H19F2N5O2S. The summed E-state index contributed by atoms with van der Waals surface area (Å²) in [5.74, 6) is 0. The third-order valence-electron chi connectivity index (χ3n) is 3.60. The van der Waals surface area contributed by atoms with Crippen molar-refractivity contribution in [2.45, 2.75) is 45.3 Å². The molecule has 128 valence electrons. The zero-order valence-electron chi connectivity index (χ0n) is 13.4. The van der Waals surface area contributed by atoms with E-state index in [0.717, 1.165) is 10.00 Å². The van der Waals surface area contributed by atoms with Gasteiger partial charge < -0.3 is 0 Å². The monoisotopic (exact) mass is 347 g/mol. The van der Waals surface area contributed by atoms with Crippen molar-refractivity contribution in [1.29, 1.82) is 0 Å². The van der Waals surface area contributed by atoms with Gasteiger partial charge in [0.05, 0.1) is 23.6 Å². The van der Waals surface area contributed by atoms with Crippen molar-refractivity contribution in [3.63, 3.8) is 0 Å². The van der Waals surface area contributed by atoms with Crippen molar-refractivity contribution < 1.29 is 17.2 Å². The van der Waals surface area contributed by atoms with Crippen molar-refractivity contribution in [1.82, 2.24) is 23.9 Å². The first-order chi connectivity index (χ1) is 10.7. The van der Waals surface area contributed by atoms with E-state index < -0.39 is 16.6 Å². The van der Waals surface area contributed by atoms with Gasteiger partial charge in [-0.15, -0.1) is 0 Å². The second kappa shape index (κ2) is 6.36. The molecule has 0 saturated heterocycles. The highest BCUT2D eigenvalue weighted by molar-refractivity contribution is 7.89. The minimum atomic E-state index is -3.94. The molecule has 0 atom stereocenters. The average Bonchev–Trinajstić information content (AvgIpc) is 3.02. The standard InChI is InChI=1S/C13H19F2N5O2S/c1-5-19-11(6-7-16-19)8-18(4)23(21,22)12-9(2)17-20(10(12)3)13(14)15/h6-7,13H,5,8H2,1-4H3. The Hall–Kier alpha value is -1.81.